The zero-order valence-electron chi connectivity index (χ0n) is 11.1. The Kier molecular flexibility index (Phi) is 2.30. The van der Waals surface area contributed by atoms with Crippen LogP contribution in [0.15, 0.2) is 18.3 Å². The number of hydrogen-bond acceptors (Lipinski definition) is 3. The van der Waals surface area contributed by atoms with E-state index >= 15 is 0 Å². The number of rotatable bonds is 2. The van der Waals surface area contributed by atoms with Crippen molar-refractivity contribution in [1.82, 2.24) is 4.98 Å². The molecular formula is C16H20N2O. The summed E-state index contributed by atoms with van der Waals surface area (Å²) in [4.78, 5) is 17.0. The first-order valence-electron chi connectivity index (χ1n) is 7.41. The van der Waals surface area contributed by atoms with Crippen LogP contribution in [0.25, 0.3) is 0 Å². The lowest BCUT2D eigenvalue weighted by atomic mass is 9.48. The highest BCUT2D eigenvalue weighted by Crippen LogP contribution is 2.60. The van der Waals surface area contributed by atoms with Gasteiger partial charge in [-0.05, 0) is 68.4 Å². The number of aromatic nitrogens is 1. The molecule has 4 saturated carbocycles. The van der Waals surface area contributed by atoms with Gasteiger partial charge in [-0.15, -0.1) is 0 Å². The molecule has 0 aliphatic heterocycles. The Morgan fingerprint density at radius 1 is 1.11 bits per heavy atom. The van der Waals surface area contributed by atoms with Crippen molar-refractivity contribution in [3.8, 4) is 0 Å². The molecular weight excluding hydrogens is 236 g/mol. The van der Waals surface area contributed by atoms with Gasteiger partial charge in [0.15, 0.2) is 5.78 Å². The number of hydrogen-bond donors (Lipinski definition) is 1. The number of carbonyl (C=O) groups is 1. The number of pyridine rings is 1. The standard InChI is InChI=1S/C16H20N2O/c17-14-2-1-13(9-18-14)15(19)16-6-10-3-11(7-16)5-12(4-10)8-16/h1-2,9-12H,3-8H2,(H2,17,18). The average Bonchev–Trinajstić information content (AvgIpc) is 2.37. The molecule has 0 unspecified atom stereocenters. The van der Waals surface area contributed by atoms with E-state index < -0.39 is 0 Å². The van der Waals surface area contributed by atoms with Crippen molar-refractivity contribution in [1.29, 1.82) is 0 Å². The van der Waals surface area contributed by atoms with Gasteiger partial charge >= 0.3 is 0 Å². The third-order valence-corrected chi connectivity index (χ3v) is 5.57. The average molecular weight is 256 g/mol. The highest BCUT2D eigenvalue weighted by Gasteiger charge is 2.54. The van der Waals surface area contributed by atoms with Gasteiger partial charge in [0, 0.05) is 17.2 Å². The van der Waals surface area contributed by atoms with Gasteiger partial charge in [-0.2, -0.15) is 0 Å². The molecule has 4 aliphatic rings. The van der Waals surface area contributed by atoms with E-state index in [1.165, 1.54) is 19.3 Å². The third kappa shape index (κ3) is 1.71. The smallest absolute Gasteiger partial charge is 0.170 e. The summed E-state index contributed by atoms with van der Waals surface area (Å²) in [5, 5.41) is 0. The van der Waals surface area contributed by atoms with Gasteiger partial charge in [0.05, 0.1) is 0 Å². The second-order valence-corrected chi connectivity index (χ2v) is 7.00. The number of nitrogens with zero attached hydrogens (tertiary/aromatic N) is 1. The van der Waals surface area contributed by atoms with E-state index in [1.54, 1.807) is 12.3 Å². The summed E-state index contributed by atoms with van der Waals surface area (Å²) in [6, 6.07) is 3.59. The maximum absolute atomic E-state index is 12.9. The molecule has 0 amide bonds. The molecule has 0 spiro atoms. The summed E-state index contributed by atoms with van der Waals surface area (Å²) in [6.07, 6.45) is 9.11. The normalized spacial score (nSPS) is 39.5. The number of nitrogens with two attached hydrogens (primary N) is 1. The van der Waals surface area contributed by atoms with Crippen LogP contribution in [0.5, 0.6) is 0 Å². The topological polar surface area (TPSA) is 56.0 Å². The second kappa shape index (κ2) is 3.81. The van der Waals surface area contributed by atoms with E-state index in [4.69, 9.17) is 5.73 Å². The molecule has 19 heavy (non-hydrogen) atoms. The van der Waals surface area contributed by atoms with E-state index in [-0.39, 0.29) is 5.41 Å². The predicted octanol–water partition coefficient (Wildman–Crippen LogP) is 3.06. The fourth-order valence-corrected chi connectivity index (χ4v) is 5.23. The van der Waals surface area contributed by atoms with Gasteiger partial charge in [0.1, 0.15) is 5.82 Å². The van der Waals surface area contributed by atoms with Crippen molar-refractivity contribution in [2.75, 3.05) is 5.73 Å². The first kappa shape index (κ1) is 11.4. The Labute approximate surface area is 113 Å². The van der Waals surface area contributed by atoms with Crippen LogP contribution in [0.1, 0.15) is 48.9 Å². The molecule has 100 valence electrons. The molecule has 3 nitrogen and oxygen atoms in total. The number of Topliss-reactive ketones (excluding diaryl/α,β-unsaturated/α-hetero) is 1. The van der Waals surface area contributed by atoms with Crippen molar-refractivity contribution in [3.63, 3.8) is 0 Å². The molecule has 1 heterocycles. The lowest BCUT2D eigenvalue weighted by molar-refractivity contribution is -0.0353. The summed E-state index contributed by atoms with van der Waals surface area (Å²) >= 11 is 0. The SMILES string of the molecule is Nc1ccc(C(=O)C23CC4CC(CC(C4)C2)C3)cn1. The lowest BCUT2D eigenvalue weighted by Crippen LogP contribution is -2.50. The third-order valence-electron chi connectivity index (χ3n) is 5.57. The fourth-order valence-electron chi connectivity index (χ4n) is 5.23. The molecule has 1 aromatic heterocycles. The van der Waals surface area contributed by atoms with Crippen molar-refractivity contribution in [2.45, 2.75) is 38.5 Å². The number of carbonyl (C=O) groups excluding carboxylic acids is 1. The quantitative estimate of drug-likeness (QED) is 0.827. The molecule has 4 bridgehead atoms. The van der Waals surface area contributed by atoms with Crippen LogP contribution in [-0.2, 0) is 0 Å². The van der Waals surface area contributed by atoms with Crippen molar-refractivity contribution in [3.05, 3.63) is 23.9 Å². The van der Waals surface area contributed by atoms with E-state index in [1.807, 2.05) is 6.07 Å². The monoisotopic (exact) mass is 256 g/mol. The second-order valence-electron chi connectivity index (χ2n) is 7.00. The molecule has 0 radical (unpaired) electrons. The zero-order chi connectivity index (χ0) is 13.0. The lowest BCUT2D eigenvalue weighted by Gasteiger charge is -2.55. The largest absolute Gasteiger partial charge is 0.384 e. The van der Waals surface area contributed by atoms with Gasteiger partial charge < -0.3 is 5.73 Å². The zero-order valence-corrected chi connectivity index (χ0v) is 11.1. The highest BCUT2D eigenvalue weighted by atomic mass is 16.1. The highest BCUT2D eigenvalue weighted by molar-refractivity contribution is 6.00. The molecule has 5 rings (SSSR count). The first-order chi connectivity index (χ1) is 9.14. The van der Waals surface area contributed by atoms with E-state index in [2.05, 4.69) is 4.98 Å². The molecule has 2 N–H and O–H groups in total. The summed E-state index contributed by atoms with van der Waals surface area (Å²) < 4.78 is 0. The molecule has 0 aromatic carbocycles. The fraction of sp³-hybridized carbons (Fsp3) is 0.625. The van der Waals surface area contributed by atoms with E-state index in [0.29, 0.717) is 11.6 Å². The van der Waals surface area contributed by atoms with E-state index in [0.717, 1.165) is 42.6 Å². The molecule has 4 aliphatic carbocycles. The Morgan fingerprint density at radius 2 is 1.68 bits per heavy atom. The minimum atomic E-state index is -0.0630. The van der Waals surface area contributed by atoms with Gasteiger partial charge in [-0.25, -0.2) is 4.98 Å². The molecule has 3 heteroatoms. The summed E-state index contributed by atoms with van der Waals surface area (Å²) in [5.74, 6) is 3.23. The number of nitrogen functional groups attached to an aromatic ring is 1. The molecule has 0 atom stereocenters. The Morgan fingerprint density at radius 3 is 2.16 bits per heavy atom. The maximum atomic E-state index is 12.9. The number of anilines is 1. The minimum Gasteiger partial charge on any atom is -0.384 e. The Hall–Kier alpha value is -1.38. The van der Waals surface area contributed by atoms with Crippen LogP contribution in [0, 0.1) is 23.2 Å². The molecule has 0 saturated heterocycles. The molecule has 1 aromatic rings. The van der Waals surface area contributed by atoms with Gasteiger partial charge in [0.2, 0.25) is 0 Å². The van der Waals surface area contributed by atoms with Crippen molar-refractivity contribution in [2.24, 2.45) is 23.2 Å². The predicted molar refractivity (Wildman–Crippen MR) is 73.6 cm³/mol. The summed E-state index contributed by atoms with van der Waals surface area (Å²) in [6.45, 7) is 0. The van der Waals surface area contributed by atoms with Crippen molar-refractivity contribution >= 4 is 11.6 Å². The van der Waals surface area contributed by atoms with Crippen molar-refractivity contribution < 1.29 is 4.79 Å². The Balaban J connectivity index is 1.68. The summed E-state index contributed by atoms with van der Waals surface area (Å²) in [7, 11) is 0. The Bertz CT molecular complexity index is 485. The van der Waals surface area contributed by atoms with Gasteiger partial charge in [-0.3, -0.25) is 4.79 Å². The van der Waals surface area contributed by atoms with Crippen LogP contribution in [0.2, 0.25) is 0 Å². The van der Waals surface area contributed by atoms with Crippen LogP contribution < -0.4 is 5.73 Å². The number of ketones is 1. The van der Waals surface area contributed by atoms with Crippen LogP contribution in [0.4, 0.5) is 5.82 Å². The first-order valence-corrected chi connectivity index (χ1v) is 7.41. The maximum Gasteiger partial charge on any atom is 0.170 e. The molecule has 4 fully saturated rings. The van der Waals surface area contributed by atoms with Crippen LogP contribution in [-0.4, -0.2) is 10.8 Å². The van der Waals surface area contributed by atoms with Crippen LogP contribution >= 0.6 is 0 Å². The van der Waals surface area contributed by atoms with Crippen LogP contribution in [0.3, 0.4) is 0 Å². The minimum absolute atomic E-state index is 0.0630. The summed E-state index contributed by atoms with van der Waals surface area (Å²) in [5.41, 5.74) is 6.31. The van der Waals surface area contributed by atoms with E-state index in [9.17, 15) is 4.79 Å². The van der Waals surface area contributed by atoms with Gasteiger partial charge in [0.25, 0.3) is 0 Å². The van der Waals surface area contributed by atoms with Gasteiger partial charge in [-0.1, -0.05) is 0 Å².